The molecular weight excluding hydrogens is 948 g/mol. The van der Waals surface area contributed by atoms with Gasteiger partial charge in [-0.1, -0.05) is 44.2 Å². The zero-order chi connectivity index (χ0) is 50.3. The molecule has 3 N–H and O–H groups in total. The number of aryl methyl sites for hydroxylation is 2. The number of aromatic amines is 1. The van der Waals surface area contributed by atoms with Crippen molar-refractivity contribution in [1.82, 2.24) is 55.7 Å². The topological polar surface area (TPSA) is 193 Å². The quantitative estimate of drug-likeness (QED) is 0.0840. The summed E-state index contributed by atoms with van der Waals surface area (Å²) in [5.41, 5.74) is 7.72. The van der Waals surface area contributed by atoms with Crippen molar-refractivity contribution < 1.29 is 28.0 Å². The van der Waals surface area contributed by atoms with E-state index in [9.17, 15) is 9.59 Å². The number of carbonyl (C=O) groups excluding carboxylic acids is 2. The first kappa shape index (κ1) is 48.7. The number of halogens is 1. The van der Waals surface area contributed by atoms with Gasteiger partial charge in [0.25, 0.3) is 5.88 Å². The fourth-order valence-electron chi connectivity index (χ4n) is 11.4. The lowest BCUT2D eigenvalue weighted by molar-refractivity contribution is -0.141. The summed E-state index contributed by atoms with van der Waals surface area (Å²) in [5, 5.41) is 19.6. The molecule has 5 unspecified atom stereocenters. The molecule has 19 heteroatoms. The molecular formula is C54H63FN12O5S. The largest absolute Gasteiger partial charge is 0.475 e. The summed E-state index contributed by atoms with van der Waals surface area (Å²) in [6.45, 7) is 15.1. The molecule has 4 aliphatic rings. The number of H-pyrrole nitrogens is 1. The Labute approximate surface area is 427 Å². The van der Waals surface area contributed by atoms with Crippen molar-refractivity contribution in [1.29, 1.82) is 0 Å². The van der Waals surface area contributed by atoms with Crippen LogP contribution < -0.4 is 25.0 Å². The van der Waals surface area contributed by atoms with Gasteiger partial charge in [0.15, 0.2) is 11.6 Å². The molecule has 2 bridgehead atoms. The van der Waals surface area contributed by atoms with Crippen molar-refractivity contribution in [3.63, 3.8) is 0 Å². The van der Waals surface area contributed by atoms with Crippen LogP contribution in [0.3, 0.4) is 0 Å². The van der Waals surface area contributed by atoms with Crippen LogP contribution in [0.5, 0.6) is 11.9 Å². The summed E-state index contributed by atoms with van der Waals surface area (Å²) >= 11 is 1.61. The Hall–Kier alpha value is -6.57. The number of piperazine rings is 1. The maximum atomic E-state index is 16.9. The van der Waals surface area contributed by atoms with Gasteiger partial charge in [0.1, 0.15) is 35.6 Å². The number of pyridine rings is 1. The van der Waals surface area contributed by atoms with E-state index < -0.39 is 17.8 Å². The van der Waals surface area contributed by atoms with Crippen molar-refractivity contribution in [2.45, 2.75) is 103 Å². The van der Waals surface area contributed by atoms with Crippen LogP contribution in [-0.4, -0.2) is 128 Å². The number of carbonyl (C=O) groups is 2. The van der Waals surface area contributed by atoms with Gasteiger partial charge in [0.05, 0.1) is 45.8 Å². The van der Waals surface area contributed by atoms with Crippen LogP contribution in [0, 0.1) is 31.5 Å². The summed E-state index contributed by atoms with van der Waals surface area (Å²) in [6.07, 6.45) is 8.77. The predicted molar refractivity (Wildman–Crippen MR) is 277 cm³/mol. The zero-order valence-electron chi connectivity index (χ0n) is 42.1. The third kappa shape index (κ3) is 9.98. The Morgan fingerprint density at radius 2 is 1.73 bits per heavy atom. The maximum absolute atomic E-state index is 16.9. The Kier molecular flexibility index (Phi) is 13.8. The smallest absolute Gasteiger partial charge is 0.319 e. The number of nitrogens with one attached hydrogen (secondary N) is 3. The highest BCUT2D eigenvalue weighted by Crippen LogP contribution is 2.38. The number of amides is 2. The van der Waals surface area contributed by atoms with E-state index >= 15 is 4.39 Å². The lowest BCUT2D eigenvalue weighted by atomic mass is 9.91. The highest BCUT2D eigenvalue weighted by Gasteiger charge is 2.41. The first-order chi connectivity index (χ1) is 35.4. The van der Waals surface area contributed by atoms with Crippen LogP contribution in [0.2, 0.25) is 0 Å². The van der Waals surface area contributed by atoms with E-state index in [1.807, 2.05) is 64.4 Å². The number of aromatic nitrogens is 7. The zero-order valence-corrected chi connectivity index (χ0v) is 42.9. The summed E-state index contributed by atoms with van der Waals surface area (Å²) < 4.78 is 35.2. The van der Waals surface area contributed by atoms with Gasteiger partial charge in [0.2, 0.25) is 11.8 Å². The first-order valence-electron chi connectivity index (χ1n) is 25.8. The lowest BCUT2D eigenvalue weighted by Gasteiger charge is -2.34. The second-order valence-corrected chi connectivity index (χ2v) is 21.5. The van der Waals surface area contributed by atoms with Gasteiger partial charge >= 0.3 is 6.01 Å². The van der Waals surface area contributed by atoms with E-state index in [0.717, 1.165) is 96.4 Å². The number of benzene rings is 2. The minimum absolute atomic E-state index is 0.104. The van der Waals surface area contributed by atoms with Crippen molar-refractivity contribution in [3.05, 3.63) is 88.8 Å². The second-order valence-electron chi connectivity index (χ2n) is 20.7. The number of hydrogen-bond donors (Lipinski definition) is 3. The van der Waals surface area contributed by atoms with E-state index in [1.54, 1.807) is 34.7 Å². The minimum atomic E-state index is -0.617. The van der Waals surface area contributed by atoms with E-state index in [1.165, 1.54) is 0 Å². The molecule has 7 aromatic rings. The van der Waals surface area contributed by atoms with E-state index in [0.29, 0.717) is 79.1 Å². The number of hydrogen-bond acceptors (Lipinski definition) is 15. The normalized spacial score (nSPS) is 20.3. The van der Waals surface area contributed by atoms with E-state index in [4.69, 9.17) is 28.9 Å². The molecule has 73 heavy (non-hydrogen) atoms. The summed E-state index contributed by atoms with van der Waals surface area (Å²) in [5.74, 6) is 0.197. The number of likely N-dealkylation sites (tertiary alicyclic amines) is 2. The number of nitrogens with zero attached hydrogens (tertiary/aromatic N) is 9. The number of fused-ring (bicyclic) bond motifs is 4. The summed E-state index contributed by atoms with van der Waals surface area (Å²) in [4.78, 5) is 54.1. The number of ether oxygens (including phenoxy) is 2. The predicted octanol–water partition coefficient (Wildman–Crippen LogP) is 8.15. The summed E-state index contributed by atoms with van der Waals surface area (Å²) in [6, 6.07) is 13.9. The third-order valence-corrected chi connectivity index (χ3v) is 16.4. The van der Waals surface area contributed by atoms with Gasteiger partial charge in [-0.15, -0.1) is 11.3 Å². The van der Waals surface area contributed by atoms with Gasteiger partial charge in [0, 0.05) is 61.5 Å². The van der Waals surface area contributed by atoms with Crippen molar-refractivity contribution >= 4 is 50.8 Å². The molecule has 382 valence electrons. The SMILES string of the molecule is Cc1ccc2[nH]ncc2c1-c1ncc2c(N3CC4CCC(C3)N4)nc(OCCN3CCC(COc4cc(C(C(=O)N5CCCC5C(=O)NC(C)c5ccc(-c6scnc6C)cc5)C(C)C)on4)CC3)nc2c1F. The highest BCUT2D eigenvalue weighted by atomic mass is 32.1. The average Bonchev–Trinajstić information content (AvgIpc) is 4.27. The molecule has 11 rings (SSSR count). The van der Waals surface area contributed by atoms with Crippen molar-refractivity contribution in [2.75, 3.05) is 57.4 Å². The molecule has 4 fully saturated rings. The molecule has 0 aliphatic carbocycles. The Morgan fingerprint density at radius 3 is 2.48 bits per heavy atom. The fourth-order valence-corrected chi connectivity index (χ4v) is 12.2. The number of thiazole rings is 1. The first-order valence-corrected chi connectivity index (χ1v) is 26.7. The average molecular weight is 1010 g/mol. The second kappa shape index (κ2) is 20.7. The number of piperidine rings is 1. The molecule has 2 amide bonds. The standard InChI is InChI=1S/C54H63FN12O5S/c1-30(2)45(53(69)67-18-6-7-42(67)52(68)59-32(4)35-9-11-36(12-10-35)50-33(5)57-29-73-50)43-23-44(64-72-43)71-28-34-16-19-65(20-17-34)21-22-70-54-61-48-40(51(62-54)66-26-37-13-14-38(27-66)60-37)24-56-49(47(48)55)46-31(3)8-15-41-39(46)25-58-63-41/h8-12,15,23-25,29-30,32,34,37-38,42,45,60H,6-7,13-14,16-22,26-28H2,1-5H3,(H,58,63)(H,59,68). The number of anilines is 1. The van der Waals surface area contributed by atoms with Gasteiger partial charge in [-0.3, -0.25) is 24.6 Å². The van der Waals surface area contributed by atoms with Crippen LogP contribution in [-0.2, 0) is 9.59 Å². The molecule has 4 saturated heterocycles. The van der Waals surface area contributed by atoms with Crippen LogP contribution >= 0.6 is 11.3 Å². The number of rotatable bonds is 16. The van der Waals surface area contributed by atoms with Gasteiger partial charge in [-0.05, 0) is 112 Å². The van der Waals surface area contributed by atoms with Crippen molar-refractivity contribution in [3.8, 4) is 33.6 Å². The third-order valence-electron chi connectivity index (χ3n) is 15.4. The molecule has 5 atom stereocenters. The molecule has 2 aromatic carbocycles. The van der Waals surface area contributed by atoms with E-state index in [-0.39, 0.29) is 41.0 Å². The van der Waals surface area contributed by atoms with Gasteiger partial charge < -0.3 is 34.4 Å². The molecule has 0 saturated carbocycles. The fraction of sp³-hybridized carbons (Fsp3) is 0.481. The molecule has 9 heterocycles. The van der Waals surface area contributed by atoms with Crippen LogP contribution in [0.25, 0.3) is 43.5 Å². The molecule has 0 radical (unpaired) electrons. The minimum Gasteiger partial charge on any atom is -0.475 e. The maximum Gasteiger partial charge on any atom is 0.319 e. The summed E-state index contributed by atoms with van der Waals surface area (Å²) in [7, 11) is 0. The Balaban J connectivity index is 0.684. The van der Waals surface area contributed by atoms with Gasteiger partial charge in [-0.25, -0.2) is 9.37 Å². The molecule has 17 nitrogen and oxygen atoms in total. The lowest BCUT2D eigenvalue weighted by Crippen LogP contribution is -2.51. The molecule has 0 spiro atoms. The monoisotopic (exact) mass is 1010 g/mol. The van der Waals surface area contributed by atoms with Crippen molar-refractivity contribution in [2.24, 2.45) is 11.8 Å². The van der Waals surface area contributed by atoms with Crippen LogP contribution in [0.1, 0.15) is 93.8 Å². The molecule has 5 aromatic heterocycles. The van der Waals surface area contributed by atoms with Gasteiger partial charge in [-0.2, -0.15) is 15.1 Å². The Morgan fingerprint density at radius 1 is 0.932 bits per heavy atom. The Bertz CT molecular complexity index is 3100. The molecule has 4 aliphatic heterocycles. The van der Waals surface area contributed by atoms with Crippen LogP contribution in [0.15, 0.2) is 64.9 Å². The van der Waals surface area contributed by atoms with Crippen LogP contribution in [0.4, 0.5) is 10.2 Å². The highest BCUT2D eigenvalue weighted by molar-refractivity contribution is 7.13. The van der Waals surface area contributed by atoms with E-state index in [2.05, 4.69) is 52.9 Å².